The minimum absolute atomic E-state index is 0.0926. The van der Waals surface area contributed by atoms with Gasteiger partial charge < -0.3 is 24.1 Å². The van der Waals surface area contributed by atoms with E-state index in [1.165, 1.54) is 11.1 Å². The number of allylic oxidation sites excluding steroid dienone is 1. The first-order valence-corrected chi connectivity index (χ1v) is 14.5. The molecule has 2 spiro atoms. The summed E-state index contributed by atoms with van der Waals surface area (Å²) in [6.45, 7) is 9.45. The molecule has 0 bridgehead atoms. The van der Waals surface area contributed by atoms with Gasteiger partial charge in [-0.2, -0.15) is 5.10 Å². The first kappa shape index (κ1) is 24.5. The molecule has 1 N–H and O–H groups in total. The molecular formula is C32H38N2O5. The Balaban J connectivity index is 1.13. The molecule has 0 radical (unpaired) electrons. The van der Waals surface area contributed by atoms with Gasteiger partial charge in [0.2, 0.25) is 5.79 Å². The van der Waals surface area contributed by atoms with E-state index in [2.05, 4.69) is 57.0 Å². The standard InChI is InChI=1S/C32H38N2O5/c1-4-20-5-8-23(9-6-20)34-16-21-14-29(2)22(13-26(21)33-34)7-10-24-25-11-12-31(30(25,3)15-27(35)28(24)29)32(39-19-37-31)17-36-18-38-32/h4-6,8-9,13,16,24-25,27-28,35H,1,7,10-12,14-15,17-19H2,2-3H3/t24-,25-,27-,28+,29-,30-,31+,32?/m0/s1. The number of aliphatic hydroxyl groups is 1. The van der Waals surface area contributed by atoms with Crippen LogP contribution in [0.2, 0.25) is 0 Å². The summed E-state index contributed by atoms with van der Waals surface area (Å²) in [6.07, 6.45) is 11.6. The van der Waals surface area contributed by atoms with Crippen molar-refractivity contribution in [1.82, 2.24) is 9.78 Å². The average molecular weight is 531 g/mol. The van der Waals surface area contributed by atoms with E-state index in [0.717, 1.165) is 49.0 Å². The van der Waals surface area contributed by atoms with Gasteiger partial charge in [-0.1, -0.05) is 44.2 Å². The SMILES string of the molecule is C=Cc1ccc(-n2cc3c(n2)C=C2CC[C@@H]4[C@H]([C@@H](O)C[C@@]5(C)[C@H]4CC[C@@]54OCOC45COCO5)[C@@]2(C)C3)cc1. The van der Waals surface area contributed by atoms with Crippen molar-refractivity contribution in [3.05, 3.63) is 59.4 Å². The van der Waals surface area contributed by atoms with Gasteiger partial charge in [-0.25, -0.2) is 4.68 Å². The number of ether oxygens (including phenoxy) is 4. The van der Waals surface area contributed by atoms with Crippen molar-refractivity contribution in [1.29, 1.82) is 0 Å². The maximum Gasteiger partial charge on any atom is 0.226 e. The van der Waals surface area contributed by atoms with Gasteiger partial charge in [0.1, 0.15) is 12.2 Å². The van der Waals surface area contributed by atoms with E-state index in [1.54, 1.807) is 0 Å². The van der Waals surface area contributed by atoms with Crippen LogP contribution in [0.3, 0.4) is 0 Å². The highest BCUT2D eigenvalue weighted by molar-refractivity contribution is 5.60. The molecule has 2 aliphatic heterocycles. The van der Waals surface area contributed by atoms with Crippen LogP contribution in [0.1, 0.15) is 62.8 Å². The average Bonchev–Trinajstić information content (AvgIpc) is 3.70. The maximum absolute atomic E-state index is 12.1. The summed E-state index contributed by atoms with van der Waals surface area (Å²) >= 11 is 0. The third kappa shape index (κ3) is 3.03. The Morgan fingerprint density at radius 2 is 1.92 bits per heavy atom. The van der Waals surface area contributed by atoms with Gasteiger partial charge in [0.15, 0.2) is 13.6 Å². The monoisotopic (exact) mass is 530 g/mol. The van der Waals surface area contributed by atoms with Gasteiger partial charge in [0.05, 0.1) is 17.5 Å². The predicted molar refractivity (Wildman–Crippen MR) is 146 cm³/mol. The van der Waals surface area contributed by atoms with Crippen LogP contribution in [0.25, 0.3) is 17.8 Å². The zero-order valence-corrected chi connectivity index (χ0v) is 22.9. The van der Waals surface area contributed by atoms with E-state index in [9.17, 15) is 5.11 Å². The Hall–Kier alpha value is -2.29. The number of nitrogens with zero attached hydrogens (tertiary/aromatic N) is 2. The Morgan fingerprint density at radius 3 is 2.69 bits per heavy atom. The van der Waals surface area contributed by atoms with Gasteiger partial charge in [-0.3, -0.25) is 0 Å². The lowest BCUT2D eigenvalue weighted by molar-refractivity contribution is -0.257. The second-order valence-electron chi connectivity index (χ2n) is 13.2. The molecule has 8 rings (SSSR count). The van der Waals surface area contributed by atoms with Crippen LogP contribution < -0.4 is 0 Å². The van der Waals surface area contributed by atoms with E-state index >= 15 is 0 Å². The lowest BCUT2D eigenvalue weighted by atomic mass is 9.45. The first-order chi connectivity index (χ1) is 18.8. The van der Waals surface area contributed by atoms with Crippen molar-refractivity contribution < 1.29 is 24.1 Å². The van der Waals surface area contributed by atoms with Crippen molar-refractivity contribution in [2.24, 2.45) is 28.6 Å². The summed E-state index contributed by atoms with van der Waals surface area (Å²) in [5.41, 5.74) is 5.02. The minimum atomic E-state index is -0.856. The first-order valence-electron chi connectivity index (χ1n) is 14.5. The zero-order valence-electron chi connectivity index (χ0n) is 22.9. The molecule has 6 aliphatic rings. The van der Waals surface area contributed by atoms with Crippen molar-refractivity contribution in [3.63, 3.8) is 0 Å². The normalized spacial score (nSPS) is 44.1. The number of rotatable bonds is 2. The maximum atomic E-state index is 12.1. The largest absolute Gasteiger partial charge is 0.393 e. The molecule has 2 aromatic rings. The van der Waals surface area contributed by atoms with Crippen LogP contribution in [-0.4, -0.2) is 52.6 Å². The summed E-state index contributed by atoms with van der Waals surface area (Å²) < 4.78 is 26.5. The van der Waals surface area contributed by atoms with Gasteiger partial charge >= 0.3 is 0 Å². The quantitative estimate of drug-likeness (QED) is 0.582. The second-order valence-corrected chi connectivity index (χ2v) is 13.2. The molecule has 8 atom stereocenters. The van der Waals surface area contributed by atoms with Gasteiger partial charge in [-0.15, -0.1) is 0 Å². The molecule has 1 unspecified atom stereocenters. The van der Waals surface area contributed by atoms with Crippen molar-refractivity contribution >= 4 is 12.2 Å². The number of aliphatic hydroxyl groups excluding tert-OH is 1. The highest BCUT2D eigenvalue weighted by atomic mass is 16.9. The zero-order chi connectivity index (χ0) is 26.6. The molecule has 39 heavy (non-hydrogen) atoms. The second kappa shape index (κ2) is 8.14. The Bertz CT molecular complexity index is 1350. The predicted octanol–water partition coefficient (Wildman–Crippen LogP) is 5.11. The van der Waals surface area contributed by atoms with E-state index in [1.807, 2.05) is 10.8 Å². The third-order valence-corrected chi connectivity index (χ3v) is 11.8. The molecule has 7 heteroatoms. The van der Waals surface area contributed by atoms with E-state index < -0.39 is 17.5 Å². The molecular weight excluding hydrogens is 492 g/mol. The fourth-order valence-electron chi connectivity index (χ4n) is 10.1. The minimum Gasteiger partial charge on any atom is -0.393 e. The van der Waals surface area contributed by atoms with Crippen LogP contribution in [0.4, 0.5) is 0 Å². The molecule has 3 heterocycles. The molecule has 1 aromatic carbocycles. The van der Waals surface area contributed by atoms with Crippen molar-refractivity contribution in [2.45, 2.75) is 69.9 Å². The molecule has 206 valence electrons. The summed E-state index contributed by atoms with van der Waals surface area (Å²) in [6, 6.07) is 8.33. The highest BCUT2D eigenvalue weighted by Gasteiger charge is 2.76. The number of hydrogen-bond acceptors (Lipinski definition) is 6. The van der Waals surface area contributed by atoms with Crippen molar-refractivity contribution in [3.8, 4) is 5.69 Å². The van der Waals surface area contributed by atoms with E-state index in [0.29, 0.717) is 24.9 Å². The van der Waals surface area contributed by atoms with Crippen LogP contribution in [-0.2, 0) is 25.4 Å². The van der Waals surface area contributed by atoms with E-state index in [4.69, 9.17) is 24.0 Å². The molecule has 4 aliphatic carbocycles. The summed E-state index contributed by atoms with van der Waals surface area (Å²) in [4.78, 5) is 0. The fraction of sp³-hybridized carbons (Fsp3) is 0.594. The Morgan fingerprint density at radius 1 is 1.10 bits per heavy atom. The highest BCUT2D eigenvalue weighted by Crippen LogP contribution is 2.71. The number of hydrogen-bond donors (Lipinski definition) is 1. The molecule has 7 nitrogen and oxygen atoms in total. The van der Waals surface area contributed by atoms with Crippen LogP contribution in [0, 0.1) is 28.6 Å². The van der Waals surface area contributed by atoms with Crippen molar-refractivity contribution in [2.75, 3.05) is 20.2 Å². The van der Waals surface area contributed by atoms with Crippen LogP contribution in [0.5, 0.6) is 0 Å². The molecule has 0 amide bonds. The Kier molecular flexibility index (Phi) is 5.11. The lowest BCUT2D eigenvalue weighted by Gasteiger charge is -2.61. The van der Waals surface area contributed by atoms with Gasteiger partial charge in [-0.05, 0) is 91.0 Å². The van der Waals surface area contributed by atoms with Gasteiger partial charge in [0, 0.05) is 11.6 Å². The molecule has 2 saturated heterocycles. The molecule has 1 aromatic heterocycles. The number of aromatic nitrogens is 2. The summed E-state index contributed by atoms with van der Waals surface area (Å²) in [7, 11) is 0. The topological polar surface area (TPSA) is 75.0 Å². The van der Waals surface area contributed by atoms with Crippen LogP contribution >= 0.6 is 0 Å². The molecule has 3 saturated carbocycles. The lowest BCUT2D eigenvalue weighted by Crippen LogP contribution is -2.66. The third-order valence-electron chi connectivity index (χ3n) is 11.8. The summed E-state index contributed by atoms with van der Waals surface area (Å²) in [5.74, 6) is 0.213. The van der Waals surface area contributed by atoms with E-state index in [-0.39, 0.29) is 30.3 Å². The molecule has 5 fully saturated rings. The smallest absolute Gasteiger partial charge is 0.226 e. The van der Waals surface area contributed by atoms with Gasteiger partial charge in [0.25, 0.3) is 0 Å². The van der Waals surface area contributed by atoms with Crippen LogP contribution in [0.15, 0.2) is 42.6 Å². The fourth-order valence-corrected chi connectivity index (χ4v) is 10.1. The number of benzene rings is 1. The number of fused-ring (bicyclic) bond motifs is 8. The Labute approximate surface area is 229 Å². The summed E-state index contributed by atoms with van der Waals surface area (Å²) in [5, 5.41) is 17.0.